The minimum absolute atomic E-state index is 0.00767. The van der Waals surface area contributed by atoms with Gasteiger partial charge in [0.15, 0.2) is 0 Å². The largest absolute Gasteiger partial charge is 0.384 e. The predicted octanol–water partition coefficient (Wildman–Crippen LogP) is 1.92. The van der Waals surface area contributed by atoms with Crippen molar-refractivity contribution in [2.45, 2.75) is 12.5 Å². The number of halogens is 1. The number of hydrogen-bond donors (Lipinski definition) is 0. The third-order valence-electron chi connectivity index (χ3n) is 5.81. The third-order valence-corrected chi connectivity index (χ3v) is 5.81. The first-order valence-electron chi connectivity index (χ1n) is 9.68. The second-order valence-corrected chi connectivity index (χ2v) is 7.55. The maximum absolute atomic E-state index is 13.9. The van der Waals surface area contributed by atoms with E-state index in [1.165, 1.54) is 24.5 Å². The fraction of sp³-hybridized carbons (Fsp3) is 0.429. The number of rotatable bonds is 5. The summed E-state index contributed by atoms with van der Waals surface area (Å²) in [7, 11) is 1.56. The van der Waals surface area contributed by atoms with Gasteiger partial charge in [-0.15, -0.1) is 0 Å². The molecule has 0 saturated carbocycles. The number of nitrogens with zero attached hydrogens (tertiary/aromatic N) is 4. The fourth-order valence-electron chi connectivity index (χ4n) is 4.52. The zero-order chi connectivity index (χ0) is 20.4. The number of aromatic nitrogens is 2. The van der Waals surface area contributed by atoms with Crippen molar-refractivity contribution < 1.29 is 18.7 Å². The minimum atomic E-state index is -0.330. The highest BCUT2D eigenvalue weighted by molar-refractivity contribution is 5.94. The zero-order valence-electron chi connectivity index (χ0n) is 16.2. The molecule has 152 valence electrons. The lowest BCUT2D eigenvalue weighted by molar-refractivity contribution is -0.133. The van der Waals surface area contributed by atoms with E-state index in [1.54, 1.807) is 24.1 Å². The van der Waals surface area contributed by atoms with E-state index < -0.39 is 0 Å². The molecule has 0 N–H and O–H groups in total. The summed E-state index contributed by atoms with van der Waals surface area (Å²) in [4.78, 5) is 29.3. The zero-order valence-corrected chi connectivity index (χ0v) is 16.2. The number of methoxy groups -OCH3 is 1. The maximum Gasteiger partial charge on any atom is 0.255 e. The van der Waals surface area contributed by atoms with Gasteiger partial charge in [0.05, 0.1) is 37.0 Å². The van der Waals surface area contributed by atoms with Crippen LogP contribution in [0.1, 0.15) is 28.4 Å². The first-order chi connectivity index (χ1) is 14.1. The second-order valence-electron chi connectivity index (χ2n) is 7.55. The summed E-state index contributed by atoms with van der Waals surface area (Å²) in [6.07, 6.45) is 3.24. The van der Waals surface area contributed by atoms with E-state index >= 15 is 0 Å². The molecule has 3 atom stereocenters. The Bertz CT molecular complexity index is 895. The summed E-state index contributed by atoms with van der Waals surface area (Å²) < 4.78 is 19.0. The molecule has 0 aliphatic carbocycles. The van der Waals surface area contributed by atoms with Gasteiger partial charge in [0.25, 0.3) is 5.91 Å². The Morgan fingerprint density at radius 3 is 2.79 bits per heavy atom. The van der Waals surface area contributed by atoms with Crippen LogP contribution in [-0.4, -0.2) is 65.2 Å². The molecule has 2 saturated heterocycles. The molecule has 0 radical (unpaired) electrons. The summed E-state index contributed by atoms with van der Waals surface area (Å²) >= 11 is 0. The summed E-state index contributed by atoms with van der Waals surface area (Å²) in [6.45, 7) is 1.97. The van der Waals surface area contributed by atoms with Crippen LogP contribution in [0.5, 0.6) is 0 Å². The molecule has 1 aromatic heterocycles. The van der Waals surface area contributed by atoms with Crippen LogP contribution in [0.25, 0.3) is 0 Å². The molecule has 2 aromatic rings. The van der Waals surface area contributed by atoms with Gasteiger partial charge in [-0.2, -0.15) is 10.2 Å². The molecule has 2 amide bonds. The van der Waals surface area contributed by atoms with Gasteiger partial charge in [0.2, 0.25) is 5.91 Å². The van der Waals surface area contributed by atoms with Gasteiger partial charge >= 0.3 is 0 Å². The standard InChI is InChI=1S/C21H23FN4O3/c1-29-8-6-19(27)26-12-16-11-25(21(28)15-5-7-23-24-10-15)13-18(16)20(26)14-3-2-4-17(22)9-14/h2-5,7,9-10,16,18,20H,6,8,11-13H2,1H3/t16-,18-,20+/m0/s1. The lowest BCUT2D eigenvalue weighted by atomic mass is 9.89. The van der Waals surface area contributed by atoms with E-state index in [4.69, 9.17) is 4.74 Å². The number of carbonyl (C=O) groups is 2. The number of benzene rings is 1. The van der Waals surface area contributed by atoms with Crippen molar-refractivity contribution in [2.24, 2.45) is 11.8 Å². The Hall–Kier alpha value is -2.87. The van der Waals surface area contributed by atoms with Crippen LogP contribution in [0.2, 0.25) is 0 Å². The van der Waals surface area contributed by atoms with Crippen LogP contribution in [0.3, 0.4) is 0 Å². The van der Waals surface area contributed by atoms with Crippen molar-refractivity contribution in [1.82, 2.24) is 20.0 Å². The van der Waals surface area contributed by atoms with Gasteiger partial charge in [0.1, 0.15) is 5.82 Å². The molecule has 4 rings (SSSR count). The first-order valence-corrected chi connectivity index (χ1v) is 9.68. The minimum Gasteiger partial charge on any atom is -0.384 e. The topological polar surface area (TPSA) is 75.6 Å². The van der Waals surface area contributed by atoms with Crippen LogP contribution in [0.15, 0.2) is 42.7 Å². The quantitative estimate of drug-likeness (QED) is 0.769. The average Bonchev–Trinajstić information content (AvgIpc) is 3.30. The molecule has 1 aromatic carbocycles. The number of ether oxygens (including phenoxy) is 1. The summed E-state index contributed by atoms with van der Waals surface area (Å²) in [5.41, 5.74) is 1.26. The van der Waals surface area contributed by atoms with E-state index in [0.717, 1.165) is 5.56 Å². The molecule has 3 heterocycles. The monoisotopic (exact) mass is 398 g/mol. The van der Waals surface area contributed by atoms with Crippen LogP contribution < -0.4 is 0 Å². The van der Waals surface area contributed by atoms with Crippen LogP contribution >= 0.6 is 0 Å². The van der Waals surface area contributed by atoms with E-state index in [9.17, 15) is 14.0 Å². The number of carbonyl (C=O) groups excluding carboxylic acids is 2. The second kappa shape index (κ2) is 8.24. The highest BCUT2D eigenvalue weighted by Gasteiger charge is 2.50. The Morgan fingerprint density at radius 2 is 2.07 bits per heavy atom. The Labute approximate surface area is 168 Å². The van der Waals surface area contributed by atoms with Crippen molar-refractivity contribution in [3.63, 3.8) is 0 Å². The lowest BCUT2D eigenvalue weighted by Crippen LogP contribution is -2.37. The van der Waals surface area contributed by atoms with Crippen molar-refractivity contribution >= 4 is 11.8 Å². The van der Waals surface area contributed by atoms with Crippen molar-refractivity contribution in [3.05, 3.63) is 59.7 Å². The van der Waals surface area contributed by atoms with E-state index in [2.05, 4.69) is 10.2 Å². The van der Waals surface area contributed by atoms with E-state index in [1.807, 2.05) is 11.0 Å². The molecular formula is C21H23FN4O3. The highest BCUT2D eigenvalue weighted by Crippen LogP contribution is 2.45. The van der Waals surface area contributed by atoms with Crippen molar-refractivity contribution in [3.8, 4) is 0 Å². The first kappa shape index (κ1) is 19.4. The van der Waals surface area contributed by atoms with E-state index in [-0.39, 0.29) is 41.9 Å². The number of amides is 2. The van der Waals surface area contributed by atoms with Crippen LogP contribution in [0, 0.1) is 17.7 Å². The summed E-state index contributed by atoms with van der Waals surface area (Å²) in [6, 6.07) is 7.79. The SMILES string of the molecule is COCCC(=O)N1C[C@@H]2CN(C(=O)c3ccnnc3)C[C@@H]2[C@H]1c1cccc(F)c1. The molecule has 2 fully saturated rings. The molecule has 0 unspecified atom stereocenters. The van der Waals surface area contributed by atoms with Gasteiger partial charge in [-0.05, 0) is 23.8 Å². The third kappa shape index (κ3) is 3.85. The summed E-state index contributed by atoms with van der Waals surface area (Å²) in [5, 5.41) is 7.50. The average molecular weight is 398 g/mol. The molecular weight excluding hydrogens is 375 g/mol. The molecule has 7 nitrogen and oxygen atoms in total. The fourth-order valence-corrected chi connectivity index (χ4v) is 4.52. The van der Waals surface area contributed by atoms with Gasteiger partial charge in [-0.1, -0.05) is 12.1 Å². The van der Waals surface area contributed by atoms with Gasteiger partial charge < -0.3 is 14.5 Å². The Kier molecular flexibility index (Phi) is 5.53. The highest BCUT2D eigenvalue weighted by atomic mass is 19.1. The molecule has 29 heavy (non-hydrogen) atoms. The van der Waals surface area contributed by atoms with E-state index in [0.29, 0.717) is 31.8 Å². The van der Waals surface area contributed by atoms with Crippen LogP contribution in [-0.2, 0) is 9.53 Å². The Morgan fingerprint density at radius 1 is 1.21 bits per heavy atom. The normalized spacial score (nSPS) is 23.3. The van der Waals surface area contributed by atoms with Gasteiger partial charge in [-0.3, -0.25) is 9.59 Å². The van der Waals surface area contributed by atoms with Crippen molar-refractivity contribution in [2.75, 3.05) is 33.4 Å². The maximum atomic E-state index is 13.9. The molecule has 8 heteroatoms. The van der Waals surface area contributed by atoms with Gasteiger partial charge in [-0.25, -0.2) is 4.39 Å². The van der Waals surface area contributed by atoms with Crippen molar-refractivity contribution in [1.29, 1.82) is 0 Å². The number of likely N-dealkylation sites (tertiary alicyclic amines) is 2. The molecule has 2 aliphatic heterocycles. The smallest absolute Gasteiger partial charge is 0.255 e. The van der Waals surface area contributed by atoms with Crippen LogP contribution in [0.4, 0.5) is 4.39 Å². The Balaban J connectivity index is 1.58. The molecule has 2 aliphatic rings. The molecule has 0 spiro atoms. The summed E-state index contributed by atoms with van der Waals surface area (Å²) in [5.74, 6) is -0.226. The number of fused-ring (bicyclic) bond motifs is 1. The lowest BCUT2D eigenvalue weighted by Gasteiger charge is -2.30. The van der Waals surface area contributed by atoms with Gasteiger partial charge in [0, 0.05) is 38.6 Å². The number of hydrogen-bond acceptors (Lipinski definition) is 5. The predicted molar refractivity (Wildman–Crippen MR) is 102 cm³/mol. The molecule has 0 bridgehead atoms.